The third-order valence-electron chi connectivity index (χ3n) is 4.28. The second kappa shape index (κ2) is 5.83. The van der Waals surface area contributed by atoms with E-state index in [1.807, 2.05) is 11.6 Å². The van der Waals surface area contributed by atoms with E-state index in [1.54, 1.807) is 6.33 Å². The summed E-state index contributed by atoms with van der Waals surface area (Å²) in [7, 11) is 2.01. The number of aryl methyl sites for hydroxylation is 1. The fourth-order valence-electron chi connectivity index (χ4n) is 3.10. The van der Waals surface area contributed by atoms with Gasteiger partial charge >= 0.3 is 0 Å². The second-order valence-electron chi connectivity index (χ2n) is 6.06. The van der Waals surface area contributed by atoms with Crippen molar-refractivity contribution in [2.75, 3.05) is 0 Å². The van der Waals surface area contributed by atoms with Gasteiger partial charge in [-0.1, -0.05) is 26.7 Å². The average molecular weight is 250 g/mol. The van der Waals surface area contributed by atoms with Gasteiger partial charge in [0.25, 0.3) is 0 Å². The van der Waals surface area contributed by atoms with Gasteiger partial charge in [0.15, 0.2) is 0 Å². The number of aromatic nitrogens is 3. The van der Waals surface area contributed by atoms with E-state index in [1.165, 1.54) is 25.7 Å². The van der Waals surface area contributed by atoms with Crippen molar-refractivity contribution in [1.82, 2.24) is 20.1 Å². The highest BCUT2D eigenvalue weighted by atomic mass is 15.3. The molecule has 102 valence electrons. The summed E-state index contributed by atoms with van der Waals surface area (Å²) in [5.74, 6) is 2.71. The molecule has 1 aromatic rings. The number of nitrogens with one attached hydrogen (secondary N) is 1. The molecule has 4 nitrogen and oxygen atoms in total. The predicted molar refractivity (Wildman–Crippen MR) is 73.1 cm³/mol. The third-order valence-corrected chi connectivity index (χ3v) is 4.28. The van der Waals surface area contributed by atoms with Gasteiger partial charge < -0.3 is 9.88 Å². The highest BCUT2D eigenvalue weighted by Gasteiger charge is 2.25. The van der Waals surface area contributed by atoms with Gasteiger partial charge in [-0.25, -0.2) is 0 Å². The Morgan fingerprint density at radius 1 is 1.33 bits per heavy atom. The second-order valence-corrected chi connectivity index (χ2v) is 6.06. The number of rotatable bonds is 4. The van der Waals surface area contributed by atoms with Gasteiger partial charge in [0.05, 0.1) is 6.04 Å². The maximum absolute atomic E-state index is 4.19. The monoisotopic (exact) mass is 250 g/mol. The van der Waals surface area contributed by atoms with E-state index in [0.717, 1.165) is 17.7 Å². The standard InChI is InChI=1S/C14H26N4/c1-10(2)12-6-5-7-13(8-12)16-11(3)14-17-15-9-18(14)4/h9-13,16H,5-8H2,1-4H3. The van der Waals surface area contributed by atoms with E-state index >= 15 is 0 Å². The van der Waals surface area contributed by atoms with Crippen molar-refractivity contribution in [2.45, 2.75) is 58.5 Å². The first-order valence-electron chi connectivity index (χ1n) is 7.18. The third kappa shape index (κ3) is 3.10. The maximum Gasteiger partial charge on any atom is 0.149 e. The molecule has 2 rings (SSSR count). The van der Waals surface area contributed by atoms with E-state index in [9.17, 15) is 0 Å². The molecular weight excluding hydrogens is 224 g/mol. The van der Waals surface area contributed by atoms with Crippen LogP contribution in [0.25, 0.3) is 0 Å². The van der Waals surface area contributed by atoms with E-state index in [2.05, 4.69) is 36.3 Å². The van der Waals surface area contributed by atoms with Crippen molar-refractivity contribution in [3.05, 3.63) is 12.2 Å². The van der Waals surface area contributed by atoms with Crippen molar-refractivity contribution in [2.24, 2.45) is 18.9 Å². The Morgan fingerprint density at radius 2 is 2.11 bits per heavy atom. The Bertz CT molecular complexity index is 372. The van der Waals surface area contributed by atoms with Gasteiger partial charge in [-0.3, -0.25) is 0 Å². The molecule has 1 aromatic heterocycles. The molecule has 0 amide bonds. The zero-order valence-corrected chi connectivity index (χ0v) is 12.1. The van der Waals surface area contributed by atoms with Crippen molar-refractivity contribution in [3.63, 3.8) is 0 Å². The van der Waals surface area contributed by atoms with Gasteiger partial charge in [-0.2, -0.15) is 0 Å². The largest absolute Gasteiger partial charge is 0.319 e. The average Bonchev–Trinajstić information content (AvgIpc) is 2.76. The van der Waals surface area contributed by atoms with Crippen molar-refractivity contribution in [1.29, 1.82) is 0 Å². The normalized spacial score (nSPS) is 26.5. The molecule has 0 aliphatic heterocycles. The van der Waals surface area contributed by atoms with Gasteiger partial charge in [0.2, 0.25) is 0 Å². The van der Waals surface area contributed by atoms with Gasteiger partial charge in [-0.15, -0.1) is 10.2 Å². The molecule has 1 heterocycles. The first kappa shape index (κ1) is 13.5. The van der Waals surface area contributed by atoms with Crippen LogP contribution in [0.15, 0.2) is 6.33 Å². The van der Waals surface area contributed by atoms with Crippen LogP contribution in [-0.2, 0) is 7.05 Å². The van der Waals surface area contributed by atoms with Crippen molar-refractivity contribution < 1.29 is 0 Å². The molecule has 1 saturated carbocycles. The van der Waals surface area contributed by atoms with Crippen molar-refractivity contribution >= 4 is 0 Å². The molecule has 4 heteroatoms. The lowest BCUT2D eigenvalue weighted by Gasteiger charge is -2.33. The molecule has 1 N–H and O–H groups in total. The number of nitrogens with zero attached hydrogens (tertiary/aromatic N) is 3. The zero-order chi connectivity index (χ0) is 13.1. The van der Waals surface area contributed by atoms with Gasteiger partial charge in [0, 0.05) is 13.1 Å². The van der Waals surface area contributed by atoms with Crippen LogP contribution in [0.4, 0.5) is 0 Å². The molecule has 0 bridgehead atoms. The highest BCUT2D eigenvalue weighted by molar-refractivity contribution is 4.94. The molecular formula is C14H26N4. The minimum absolute atomic E-state index is 0.286. The zero-order valence-electron chi connectivity index (χ0n) is 12.1. The van der Waals surface area contributed by atoms with Crippen LogP contribution in [0.5, 0.6) is 0 Å². The van der Waals surface area contributed by atoms with Crippen LogP contribution >= 0.6 is 0 Å². The predicted octanol–water partition coefficient (Wildman–Crippen LogP) is 2.68. The van der Waals surface area contributed by atoms with E-state index < -0.39 is 0 Å². The smallest absolute Gasteiger partial charge is 0.149 e. The van der Waals surface area contributed by atoms with Gasteiger partial charge in [0.1, 0.15) is 12.2 Å². The molecule has 3 atom stereocenters. The summed E-state index contributed by atoms with van der Waals surface area (Å²) in [6.07, 6.45) is 7.12. The molecule has 1 aliphatic carbocycles. The summed E-state index contributed by atoms with van der Waals surface area (Å²) < 4.78 is 2.00. The molecule has 1 fully saturated rings. The minimum Gasteiger partial charge on any atom is -0.319 e. The molecule has 1 aliphatic rings. The quantitative estimate of drug-likeness (QED) is 0.893. The maximum atomic E-state index is 4.19. The van der Waals surface area contributed by atoms with Gasteiger partial charge in [-0.05, 0) is 31.6 Å². The number of hydrogen-bond donors (Lipinski definition) is 1. The Kier molecular flexibility index (Phi) is 4.38. The molecule has 0 spiro atoms. The first-order valence-corrected chi connectivity index (χ1v) is 7.18. The molecule has 18 heavy (non-hydrogen) atoms. The number of hydrogen-bond acceptors (Lipinski definition) is 3. The fourth-order valence-corrected chi connectivity index (χ4v) is 3.10. The van der Waals surface area contributed by atoms with E-state index in [0.29, 0.717) is 6.04 Å². The molecule has 0 aromatic carbocycles. The van der Waals surface area contributed by atoms with Crippen LogP contribution in [0.2, 0.25) is 0 Å². The summed E-state index contributed by atoms with van der Waals surface area (Å²) in [4.78, 5) is 0. The summed E-state index contributed by atoms with van der Waals surface area (Å²) in [6.45, 7) is 6.88. The highest BCUT2D eigenvalue weighted by Crippen LogP contribution is 2.30. The summed E-state index contributed by atoms with van der Waals surface area (Å²) in [5, 5.41) is 11.9. The van der Waals surface area contributed by atoms with E-state index in [-0.39, 0.29) is 6.04 Å². The Balaban J connectivity index is 1.91. The summed E-state index contributed by atoms with van der Waals surface area (Å²) >= 11 is 0. The Hall–Kier alpha value is -0.900. The summed E-state index contributed by atoms with van der Waals surface area (Å²) in [5.41, 5.74) is 0. The SMILES string of the molecule is CC(NC1CCCC(C(C)C)C1)c1nncn1C. The van der Waals surface area contributed by atoms with Crippen molar-refractivity contribution in [3.8, 4) is 0 Å². The fraction of sp³-hybridized carbons (Fsp3) is 0.857. The van der Waals surface area contributed by atoms with Crippen LogP contribution in [0, 0.1) is 11.8 Å². The van der Waals surface area contributed by atoms with Crippen LogP contribution in [0.3, 0.4) is 0 Å². The van der Waals surface area contributed by atoms with Crippen LogP contribution in [0.1, 0.15) is 58.3 Å². The summed E-state index contributed by atoms with van der Waals surface area (Å²) in [6, 6.07) is 0.922. The minimum atomic E-state index is 0.286. The van der Waals surface area contributed by atoms with E-state index in [4.69, 9.17) is 0 Å². The molecule has 0 saturated heterocycles. The van der Waals surface area contributed by atoms with Crippen LogP contribution in [-0.4, -0.2) is 20.8 Å². The lowest BCUT2D eigenvalue weighted by molar-refractivity contribution is 0.221. The Labute approximate surface area is 110 Å². The Morgan fingerprint density at radius 3 is 2.72 bits per heavy atom. The molecule has 3 unspecified atom stereocenters. The topological polar surface area (TPSA) is 42.7 Å². The van der Waals surface area contributed by atoms with Crippen LogP contribution < -0.4 is 5.32 Å². The molecule has 0 radical (unpaired) electrons. The lowest BCUT2D eigenvalue weighted by atomic mass is 9.79. The lowest BCUT2D eigenvalue weighted by Crippen LogP contribution is -2.37. The first-order chi connectivity index (χ1) is 8.58.